The van der Waals surface area contributed by atoms with Gasteiger partial charge in [0, 0.05) is 4.88 Å². The van der Waals surface area contributed by atoms with Gasteiger partial charge in [0.1, 0.15) is 0 Å². The minimum atomic E-state index is 0.211. The van der Waals surface area contributed by atoms with Crippen LogP contribution in [0.1, 0.15) is 68.4 Å². The molecule has 0 aliphatic rings. The molecule has 0 saturated heterocycles. The largest absolute Gasteiger partial charge is 0.271 e. The van der Waals surface area contributed by atoms with Crippen LogP contribution in [0.5, 0.6) is 0 Å². The fourth-order valence-electron chi connectivity index (χ4n) is 2.10. The van der Waals surface area contributed by atoms with Crippen LogP contribution in [-0.4, -0.2) is 0 Å². The average Bonchev–Trinajstić information content (AvgIpc) is 2.70. The fraction of sp³-hybridized carbons (Fsp3) is 0.714. The van der Waals surface area contributed by atoms with Crippen LogP contribution >= 0.6 is 22.9 Å². The van der Waals surface area contributed by atoms with Gasteiger partial charge in [-0.3, -0.25) is 11.3 Å². The highest BCUT2D eigenvalue weighted by molar-refractivity contribution is 7.10. The van der Waals surface area contributed by atoms with Crippen molar-refractivity contribution in [3.8, 4) is 0 Å². The van der Waals surface area contributed by atoms with Crippen molar-refractivity contribution in [1.82, 2.24) is 5.43 Å². The molecule has 1 rings (SSSR count). The minimum absolute atomic E-state index is 0.211. The van der Waals surface area contributed by atoms with Crippen LogP contribution in [0, 0.1) is 6.92 Å². The van der Waals surface area contributed by atoms with Gasteiger partial charge >= 0.3 is 0 Å². The van der Waals surface area contributed by atoms with E-state index in [1.54, 1.807) is 11.3 Å². The van der Waals surface area contributed by atoms with Crippen molar-refractivity contribution in [3.05, 3.63) is 20.8 Å². The molecule has 3 N–H and O–H groups in total. The Morgan fingerprint density at radius 1 is 1.28 bits per heavy atom. The molecular weight excluding hydrogens is 264 g/mol. The van der Waals surface area contributed by atoms with Crippen LogP contribution in [0.4, 0.5) is 0 Å². The number of nitrogens with one attached hydrogen (secondary N) is 1. The summed E-state index contributed by atoms with van der Waals surface area (Å²) in [5, 5.41) is 2.98. The number of hydrogen-bond donors (Lipinski definition) is 2. The summed E-state index contributed by atoms with van der Waals surface area (Å²) >= 11 is 7.98. The smallest absolute Gasteiger partial charge is 0.0590 e. The molecule has 0 saturated carbocycles. The van der Waals surface area contributed by atoms with Gasteiger partial charge in [0.15, 0.2) is 0 Å². The number of halogens is 1. The standard InChI is InChI=1S/C14H25ClN2S/c1-3-4-5-6-7-8-9-12(17-16)14-13(15)11(2)10-18-14/h10,12,17H,3-9,16H2,1-2H3. The Morgan fingerprint density at radius 2 is 1.94 bits per heavy atom. The molecule has 0 radical (unpaired) electrons. The van der Waals surface area contributed by atoms with Crippen molar-refractivity contribution in [1.29, 1.82) is 0 Å². The first-order valence-electron chi connectivity index (χ1n) is 6.90. The second-order valence-corrected chi connectivity index (χ2v) is 6.16. The number of nitrogens with two attached hydrogens (primary N) is 1. The normalized spacial score (nSPS) is 12.9. The summed E-state index contributed by atoms with van der Waals surface area (Å²) in [4.78, 5) is 1.19. The summed E-state index contributed by atoms with van der Waals surface area (Å²) in [5.41, 5.74) is 4.05. The summed E-state index contributed by atoms with van der Waals surface area (Å²) in [6, 6.07) is 0.211. The van der Waals surface area contributed by atoms with Crippen LogP contribution in [-0.2, 0) is 0 Å². The Bertz CT molecular complexity index is 339. The molecule has 0 aliphatic heterocycles. The predicted molar refractivity (Wildman–Crippen MR) is 82.1 cm³/mol. The average molecular weight is 289 g/mol. The van der Waals surface area contributed by atoms with Gasteiger partial charge in [-0.15, -0.1) is 11.3 Å². The first-order chi connectivity index (χ1) is 8.70. The molecular formula is C14H25ClN2S. The second-order valence-electron chi connectivity index (χ2n) is 4.87. The lowest BCUT2D eigenvalue weighted by atomic mass is 10.0. The van der Waals surface area contributed by atoms with Gasteiger partial charge < -0.3 is 0 Å². The molecule has 0 amide bonds. The van der Waals surface area contributed by atoms with E-state index in [0.717, 1.165) is 17.0 Å². The predicted octanol–water partition coefficient (Wildman–Crippen LogP) is 4.96. The molecule has 4 heteroatoms. The second kappa shape index (κ2) is 8.92. The zero-order chi connectivity index (χ0) is 13.4. The highest BCUT2D eigenvalue weighted by atomic mass is 35.5. The molecule has 0 bridgehead atoms. The van der Waals surface area contributed by atoms with Crippen molar-refractivity contribution in [2.75, 3.05) is 0 Å². The lowest BCUT2D eigenvalue weighted by Crippen LogP contribution is -2.27. The van der Waals surface area contributed by atoms with E-state index in [9.17, 15) is 0 Å². The molecule has 0 aliphatic carbocycles. The SMILES string of the molecule is CCCCCCCCC(NN)c1scc(C)c1Cl. The van der Waals surface area contributed by atoms with E-state index in [1.165, 1.54) is 43.4 Å². The van der Waals surface area contributed by atoms with Gasteiger partial charge in [0.2, 0.25) is 0 Å². The first kappa shape index (κ1) is 16.0. The van der Waals surface area contributed by atoms with Crippen LogP contribution in [0.15, 0.2) is 5.38 Å². The van der Waals surface area contributed by atoms with Crippen LogP contribution in [0.25, 0.3) is 0 Å². The molecule has 1 atom stereocenters. The molecule has 2 nitrogen and oxygen atoms in total. The van der Waals surface area contributed by atoms with E-state index in [4.69, 9.17) is 17.4 Å². The first-order valence-corrected chi connectivity index (χ1v) is 8.16. The van der Waals surface area contributed by atoms with Crippen molar-refractivity contribution in [2.24, 2.45) is 5.84 Å². The minimum Gasteiger partial charge on any atom is -0.271 e. The number of aryl methyl sites for hydroxylation is 1. The van der Waals surface area contributed by atoms with Gasteiger partial charge in [0.05, 0.1) is 11.1 Å². The van der Waals surface area contributed by atoms with Gasteiger partial charge in [-0.05, 0) is 24.3 Å². The van der Waals surface area contributed by atoms with Crippen LogP contribution < -0.4 is 11.3 Å². The van der Waals surface area contributed by atoms with E-state index >= 15 is 0 Å². The Labute approximate surface area is 120 Å². The van der Waals surface area contributed by atoms with Crippen molar-refractivity contribution in [3.63, 3.8) is 0 Å². The van der Waals surface area contributed by atoms with E-state index in [0.29, 0.717) is 0 Å². The number of rotatable bonds is 9. The Morgan fingerprint density at radius 3 is 2.50 bits per heavy atom. The van der Waals surface area contributed by atoms with Crippen LogP contribution in [0.2, 0.25) is 5.02 Å². The summed E-state index contributed by atoms with van der Waals surface area (Å²) < 4.78 is 0. The molecule has 0 aromatic carbocycles. The third kappa shape index (κ3) is 4.88. The maximum absolute atomic E-state index is 6.28. The van der Waals surface area contributed by atoms with E-state index in [-0.39, 0.29) is 6.04 Å². The monoisotopic (exact) mass is 288 g/mol. The van der Waals surface area contributed by atoms with Gasteiger partial charge in [-0.2, -0.15) is 0 Å². The van der Waals surface area contributed by atoms with Crippen LogP contribution in [0.3, 0.4) is 0 Å². The molecule has 0 spiro atoms. The maximum Gasteiger partial charge on any atom is 0.0590 e. The Kier molecular flexibility index (Phi) is 7.91. The van der Waals surface area contributed by atoms with Gasteiger partial charge in [-0.1, -0.05) is 57.0 Å². The number of hydrazine groups is 1. The molecule has 104 valence electrons. The molecule has 1 unspecified atom stereocenters. The van der Waals surface area contributed by atoms with Crippen molar-refractivity contribution < 1.29 is 0 Å². The van der Waals surface area contributed by atoms with E-state index in [1.807, 2.05) is 6.92 Å². The Hall–Kier alpha value is -0.0900. The lowest BCUT2D eigenvalue weighted by Gasteiger charge is -2.14. The van der Waals surface area contributed by atoms with Gasteiger partial charge in [-0.25, -0.2) is 0 Å². The van der Waals surface area contributed by atoms with Crippen molar-refractivity contribution >= 4 is 22.9 Å². The van der Waals surface area contributed by atoms with Gasteiger partial charge in [0.25, 0.3) is 0 Å². The maximum atomic E-state index is 6.28. The topological polar surface area (TPSA) is 38.0 Å². The number of hydrogen-bond acceptors (Lipinski definition) is 3. The third-order valence-corrected chi connectivity index (χ3v) is 5.12. The molecule has 1 aromatic heterocycles. The number of unbranched alkanes of at least 4 members (excludes halogenated alkanes) is 5. The summed E-state index contributed by atoms with van der Waals surface area (Å²) in [6.07, 6.45) is 8.93. The third-order valence-electron chi connectivity index (χ3n) is 3.29. The summed E-state index contributed by atoms with van der Waals surface area (Å²) in [7, 11) is 0. The molecule has 1 heterocycles. The highest BCUT2D eigenvalue weighted by Crippen LogP contribution is 2.34. The fourth-order valence-corrected chi connectivity index (χ4v) is 3.52. The number of thiophene rings is 1. The van der Waals surface area contributed by atoms with Crippen molar-refractivity contribution in [2.45, 2.75) is 64.8 Å². The zero-order valence-corrected chi connectivity index (χ0v) is 13.0. The Balaban J connectivity index is 2.32. The summed E-state index contributed by atoms with van der Waals surface area (Å²) in [5.74, 6) is 5.64. The lowest BCUT2D eigenvalue weighted by molar-refractivity contribution is 0.482. The highest BCUT2D eigenvalue weighted by Gasteiger charge is 2.16. The van der Waals surface area contributed by atoms with E-state index < -0.39 is 0 Å². The quantitative estimate of drug-likeness (QED) is 0.383. The molecule has 1 aromatic rings. The van der Waals surface area contributed by atoms with E-state index in [2.05, 4.69) is 17.7 Å². The molecule has 0 fully saturated rings. The summed E-state index contributed by atoms with van der Waals surface area (Å²) in [6.45, 7) is 4.29. The zero-order valence-electron chi connectivity index (χ0n) is 11.5. The molecule has 18 heavy (non-hydrogen) atoms.